The number of hydrogen-bond acceptors (Lipinski definition) is 3. The standard InChI is InChI=1S/C6H12N2O/c1-8-4-6(7)2-5(8)3-9-6/h5H,2-4,7H2,1H3. The van der Waals surface area contributed by atoms with Crippen LogP contribution in [-0.4, -0.2) is 36.9 Å². The molecule has 2 atom stereocenters. The molecule has 0 aromatic heterocycles. The van der Waals surface area contributed by atoms with E-state index in [1.165, 1.54) is 0 Å². The van der Waals surface area contributed by atoms with Crippen molar-refractivity contribution >= 4 is 0 Å². The number of hydrogen-bond donors (Lipinski definition) is 1. The zero-order valence-corrected chi connectivity index (χ0v) is 5.63. The zero-order valence-electron chi connectivity index (χ0n) is 5.63. The second-order valence-corrected chi connectivity index (χ2v) is 3.15. The van der Waals surface area contributed by atoms with E-state index in [0.29, 0.717) is 6.04 Å². The van der Waals surface area contributed by atoms with Crippen molar-refractivity contribution in [2.24, 2.45) is 5.73 Å². The predicted molar refractivity (Wildman–Crippen MR) is 33.9 cm³/mol. The van der Waals surface area contributed by atoms with Crippen LogP contribution >= 0.6 is 0 Å². The Morgan fingerprint density at radius 1 is 1.78 bits per heavy atom. The van der Waals surface area contributed by atoms with Crippen molar-refractivity contribution in [2.75, 3.05) is 20.2 Å². The lowest BCUT2D eigenvalue weighted by molar-refractivity contribution is -0.0338. The van der Waals surface area contributed by atoms with E-state index in [4.69, 9.17) is 10.5 Å². The van der Waals surface area contributed by atoms with Crippen LogP contribution in [0, 0.1) is 0 Å². The third-order valence-corrected chi connectivity index (χ3v) is 2.28. The lowest BCUT2D eigenvalue weighted by Crippen LogP contribution is -2.46. The van der Waals surface area contributed by atoms with E-state index in [2.05, 4.69) is 11.9 Å². The van der Waals surface area contributed by atoms with E-state index in [9.17, 15) is 0 Å². The van der Waals surface area contributed by atoms with E-state index in [1.54, 1.807) is 0 Å². The molecule has 2 heterocycles. The fourth-order valence-electron chi connectivity index (χ4n) is 1.72. The van der Waals surface area contributed by atoms with Crippen molar-refractivity contribution in [3.05, 3.63) is 0 Å². The predicted octanol–water partition coefficient (Wildman–Crippen LogP) is -0.624. The minimum Gasteiger partial charge on any atom is -0.358 e. The Kier molecular flexibility index (Phi) is 0.928. The normalized spacial score (nSPS) is 50.7. The van der Waals surface area contributed by atoms with Gasteiger partial charge in [-0.2, -0.15) is 0 Å². The maximum absolute atomic E-state index is 5.83. The van der Waals surface area contributed by atoms with E-state index >= 15 is 0 Å². The van der Waals surface area contributed by atoms with Crippen LogP contribution in [0.15, 0.2) is 0 Å². The van der Waals surface area contributed by atoms with E-state index in [0.717, 1.165) is 19.6 Å². The number of likely N-dealkylation sites (tertiary alicyclic amines) is 1. The second kappa shape index (κ2) is 1.48. The molecule has 0 radical (unpaired) electrons. The Morgan fingerprint density at radius 3 is 2.78 bits per heavy atom. The van der Waals surface area contributed by atoms with Crippen molar-refractivity contribution in [3.63, 3.8) is 0 Å². The summed E-state index contributed by atoms with van der Waals surface area (Å²) in [7, 11) is 2.10. The van der Waals surface area contributed by atoms with Crippen molar-refractivity contribution in [2.45, 2.75) is 18.2 Å². The molecule has 9 heavy (non-hydrogen) atoms. The molecule has 2 unspecified atom stereocenters. The third-order valence-electron chi connectivity index (χ3n) is 2.28. The molecule has 2 saturated heterocycles. The lowest BCUT2D eigenvalue weighted by Gasteiger charge is -2.26. The quantitative estimate of drug-likeness (QED) is 0.472. The summed E-state index contributed by atoms with van der Waals surface area (Å²) in [6.07, 6.45) is 1.02. The topological polar surface area (TPSA) is 38.5 Å². The summed E-state index contributed by atoms with van der Waals surface area (Å²) in [6, 6.07) is 0.593. The molecule has 2 fully saturated rings. The first-order valence-electron chi connectivity index (χ1n) is 3.33. The molecule has 0 amide bonds. The maximum Gasteiger partial charge on any atom is 0.131 e. The molecule has 52 valence electrons. The van der Waals surface area contributed by atoms with Crippen LogP contribution in [0.2, 0.25) is 0 Å². The Hall–Kier alpha value is -0.120. The Bertz CT molecular complexity index is 135. The lowest BCUT2D eigenvalue weighted by atomic mass is 10.2. The fourth-order valence-corrected chi connectivity index (χ4v) is 1.72. The van der Waals surface area contributed by atoms with Gasteiger partial charge in [0.2, 0.25) is 0 Å². The van der Waals surface area contributed by atoms with Crippen LogP contribution < -0.4 is 5.73 Å². The Balaban J connectivity index is 2.19. The van der Waals surface area contributed by atoms with Crippen LogP contribution in [0.3, 0.4) is 0 Å². The minimum absolute atomic E-state index is 0.292. The van der Waals surface area contributed by atoms with Gasteiger partial charge in [-0.3, -0.25) is 4.90 Å². The Labute approximate surface area is 54.8 Å². The van der Waals surface area contributed by atoms with Gasteiger partial charge in [-0.05, 0) is 7.05 Å². The largest absolute Gasteiger partial charge is 0.358 e. The summed E-state index contributed by atoms with van der Waals surface area (Å²) in [6.45, 7) is 1.73. The fraction of sp³-hybridized carbons (Fsp3) is 1.00. The first-order chi connectivity index (χ1) is 4.20. The van der Waals surface area contributed by atoms with Crippen molar-refractivity contribution in [1.29, 1.82) is 0 Å². The molecule has 0 aromatic rings. The first kappa shape index (κ1) is 5.65. The van der Waals surface area contributed by atoms with Crippen LogP contribution in [0.25, 0.3) is 0 Å². The molecule has 2 N–H and O–H groups in total. The summed E-state index contributed by atoms with van der Waals surface area (Å²) in [4.78, 5) is 2.27. The van der Waals surface area contributed by atoms with E-state index in [-0.39, 0.29) is 5.72 Å². The highest BCUT2D eigenvalue weighted by atomic mass is 16.5. The van der Waals surface area contributed by atoms with Crippen molar-refractivity contribution < 1.29 is 4.74 Å². The van der Waals surface area contributed by atoms with Crippen molar-refractivity contribution in [3.8, 4) is 0 Å². The van der Waals surface area contributed by atoms with Gasteiger partial charge in [0.05, 0.1) is 6.61 Å². The molecule has 0 spiro atoms. The van der Waals surface area contributed by atoms with Gasteiger partial charge in [0, 0.05) is 19.0 Å². The molecule has 2 aliphatic rings. The number of likely N-dealkylation sites (N-methyl/N-ethyl adjacent to an activating group) is 1. The SMILES string of the molecule is CN1CC2(N)CC1CO2. The second-order valence-electron chi connectivity index (χ2n) is 3.15. The summed E-state index contributed by atoms with van der Waals surface area (Å²) >= 11 is 0. The number of fused-ring (bicyclic) bond motifs is 2. The molecule has 2 aliphatic heterocycles. The number of rotatable bonds is 0. The molecule has 3 nitrogen and oxygen atoms in total. The van der Waals surface area contributed by atoms with Gasteiger partial charge < -0.3 is 10.5 Å². The van der Waals surface area contributed by atoms with E-state index < -0.39 is 0 Å². The number of morpholine rings is 1. The monoisotopic (exact) mass is 128 g/mol. The summed E-state index contributed by atoms with van der Waals surface area (Å²) in [5.41, 5.74) is 5.53. The van der Waals surface area contributed by atoms with Crippen LogP contribution in [0.4, 0.5) is 0 Å². The maximum atomic E-state index is 5.83. The average Bonchev–Trinajstić information content (AvgIpc) is 2.20. The minimum atomic E-state index is -0.292. The Morgan fingerprint density at radius 2 is 2.56 bits per heavy atom. The summed E-state index contributed by atoms with van der Waals surface area (Å²) in [5.74, 6) is 0. The van der Waals surface area contributed by atoms with Gasteiger partial charge in [-0.15, -0.1) is 0 Å². The van der Waals surface area contributed by atoms with Crippen LogP contribution in [0.5, 0.6) is 0 Å². The molecular weight excluding hydrogens is 116 g/mol. The molecule has 0 aromatic carbocycles. The third kappa shape index (κ3) is 0.689. The van der Waals surface area contributed by atoms with Gasteiger partial charge in [-0.1, -0.05) is 0 Å². The van der Waals surface area contributed by atoms with Crippen LogP contribution in [-0.2, 0) is 4.74 Å². The average molecular weight is 128 g/mol. The molecule has 2 rings (SSSR count). The highest BCUT2D eigenvalue weighted by molar-refractivity contribution is 4.97. The number of nitrogens with zero attached hydrogens (tertiary/aromatic N) is 1. The molecule has 2 bridgehead atoms. The van der Waals surface area contributed by atoms with Gasteiger partial charge in [-0.25, -0.2) is 0 Å². The van der Waals surface area contributed by atoms with Gasteiger partial charge in [0.25, 0.3) is 0 Å². The summed E-state index contributed by atoms with van der Waals surface area (Å²) < 4.78 is 5.35. The molecule has 3 heteroatoms. The van der Waals surface area contributed by atoms with Gasteiger partial charge in [0.15, 0.2) is 0 Å². The number of ether oxygens (including phenoxy) is 1. The van der Waals surface area contributed by atoms with Crippen LogP contribution in [0.1, 0.15) is 6.42 Å². The van der Waals surface area contributed by atoms with E-state index in [1.807, 2.05) is 0 Å². The highest BCUT2D eigenvalue weighted by Gasteiger charge is 2.46. The van der Waals surface area contributed by atoms with Gasteiger partial charge >= 0.3 is 0 Å². The number of nitrogens with two attached hydrogens (primary N) is 1. The summed E-state index contributed by atoms with van der Waals surface area (Å²) in [5, 5.41) is 0. The molecular formula is C6H12N2O. The first-order valence-corrected chi connectivity index (χ1v) is 3.33. The molecule has 0 saturated carbocycles. The molecule has 0 aliphatic carbocycles. The highest BCUT2D eigenvalue weighted by Crippen LogP contribution is 2.31. The zero-order chi connectivity index (χ0) is 6.48. The van der Waals surface area contributed by atoms with Crippen molar-refractivity contribution in [1.82, 2.24) is 4.90 Å². The van der Waals surface area contributed by atoms with Gasteiger partial charge in [0.1, 0.15) is 5.72 Å². The smallest absolute Gasteiger partial charge is 0.131 e.